The fourth-order valence-corrected chi connectivity index (χ4v) is 1.96. The van der Waals surface area contributed by atoms with Crippen molar-refractivity contribution in [3.63, 3.8) is 0 Å². The fraction of sp³-hybridized carbons (Fsp3) is 0.600. The van der Waals surface area contributed by atoms with Gasteiger partial charge in [0, 0.05) is 12.7 Å². The van der Waals surface area contributed by atoms with E-state index in [1.807, 2.05) is 0 Å². The molecule has 1 aliphatic rings. The van der Waals surface area contributed by atoms with Gasteiger partial charge in [0.05, 0.1) is 13.2 Å². The topological polar surface area (TPSA) is 89.5 Å². The van der Waals surface area contributed by atoms with Crippen LogP contribution in [0.15, 0.2) is 12.3 Å². The number of aromatic nitrogens is 2. The number of likely N-dealkylation sites (tertiary alicyclic amines) is 1. The van der Waals surface area contributed by atoms with Gasteiger partial charge in [-0.25, -0.2) is 0 Å². The van der Waals surface area contributed by atoms with Crippen LogP contribution in [-0.4, -0.2) is 56.5 Å². The van der Waals surface area contributed by atoms with E-state index in [0.29, 0.717) is 25.1 Å². The van der Waals surface area contributed by atoms with Gasteiger partial charge in [0.2, 0.25) is 0 Å². The smallest absolute Gasteiger partial charge is 0.271 e. The van der Waals surface area contributed by atoms with E-state index in [-0.39, 0.29) is 19.1 Å². The number of aliphatic hydroxyl groups is 2. The Balaban J connectivity index is 2.08. The van der Waals surface area contributed by atoms with Gasteiger partial charge in [-0.15, -0.1) is 0 Å². The second-order valence-electron chi connectivity index (χ2n) is 4.18. The Labute approximate surface area is 92.9 Å². The molecule has 1 atom stereocenters. The Kier molecular flexibility index (Phi) is 2.93. The standard InChI is InChI=1S/C10H15N3O3/c14-7-10(16)3-1-5-13(6-10)9(15)8-2-4-11-12-8/h2,4,14,16H,1,3,5-7H2,(H,11,12). The van der Waals surface area contributed by atoms with Crippen molar-refractivity contribution in [2.75, 3.05) is 19.7 Å². The lowest BCUT2D eigenvalue weighted by atomic mass is 9.93. The van der Waals surface area contributed by atoms with Crippen molar-refractivity contribution in [3.05, 3.63) is 18.0 Å². The molecule has 0 spiro atoms. The van der Waals surface area contributed by atoms with E-state index in [4.69, 9.17) is 5.11 Å². The molecule has 0 aliphatic carbocycles. The van der Waals surface area contributed by atoms with Crippen molar-refractivity contribution >= 4 is 5.91 Å². The zero-order valence-electron chi connectivity index (χ0n) is 8.89. The van der Waals surface area contributed by atoms with Crippen LogP contribution in [0.2, 0.25) is 0 Å². The average Bonchev–Trinajstić information content (AvgIpc) is 2.82. The van der Waals surface area contributed by atoms with Gasteiger partial charge < -0.3 is 15.1 Å². The summed E-state index contributed by atoms with van der Waals surface area (Å²) in [5.74, 6) is -0.191. The molecule has 3 N–H and O–H groups in total. The normalized spacial score (nSPS) is 25.8. The quantitative estimate of drug-likeness (QED) is 0.625. The molecule has 1 aliphatic heterocycles. The van der Waals surface area contributed by atoms with E-state index in [1.165, 1.54) is 11.1 Å². The summed E-state index contributed by atoms with van der Waals surface area (Å²) >= 11 is 0. The van der Waals surface area contributed by atoms with Crippen LogP contribution in [0.25, 0.3) is 0 Å². The van der Waals surface area contributed by atoms with Crippen molar-refractivity contribution in [3.8, 4) is 0 Å². The number of hydrogen-bond acceptors (Lipinski definition) is 4. The highest BCUT2D eigenvalue weighted by Gasteiger charge is 2.35. The number of nitrogens with one attached hydrogen (secondary N) is 1. The summed E-state index contributed by atoms with van der Waals surface area (Å²) in [6.45, 7) is 0.446. The predicted octanol–water partition coefficient (Wildman–Crippen LogP) is -0.631. The average molecular weight is 225 g/mol. The van der Waals surface area contributed by atoms with Crippen LogP contribution in [0.1, 0.15) is 23.3 Å². The third kappa shape index (κ3) is 2.07. The molecular formula is C10H15N3O3. The van der Waals surface area contributed by atoms with Crippen molar-refractivity contribution in [1.29, 1.82) is 0 Å². The third-order valence-electron chi connectivity index (χ3n) is 2.87. The van der Waals surface area contributed by atoms with Crippen LogP contribution in [0.4, 0.5) is 0 Å². The number of aliphatic hydroxyl groups excluding tert-OH is 1. The van der Waals surface area contributed by atoms with E-state index in [2.05, 4.69) is 10.2 Å². The number of H-pyrrole nitrogens is 1. The zero-order chi connectivity index (χ0) is 11.6. The summed E-state index contributed by atoms with van der Waals surface area (Å²) in [6, 6.07) is 1.59. The molecule has 1 unspecified atom stereocenters. The molecule has 6 heteroatoms. The number of amides is 1. The van der Waals surface area contributed by atoms with Crippen molar-refractivity contribution in [1.82, 2.24) is 15.1 Å². The zero-order valence-corrected chi connectivity index (χ0v) is 8.89. The van der Waals surface area contributed by atoms with Crippen molar-refractivity contribution < 1.29 is 15.0 Å². The molecular weight excluding hydrogens is 210 g/mol. The SMILES string of the molecule is O=C(c1ccn[nH]1)N1CCCC(O)(CO)C1. The highest BCUT2D eigenvalue weighted by Crippen LogP contribution is 2.21. The first kappa shape index (κ1) is 11.1. The highest BCUT2D eigenvalue weighted by molar-refractivity contribution is 5.92. The summed E-state index contributed by atoms with van der Waals surface area (Å²) in [6.07, 6.45) is 2.72. The summed E-state index contributed by atoms with van der Waals surface area (Å²) in [5.41, 5.74) is -0.754. The van der Waals surface area contributed by atoms with Gasteiger partial charge >= 0.3 is 0 Å². The predicted molar refractivity (Wildman–Crippen MR) is 55.8 cm³/mol. The molecule has 2 heterocycles. The first-order chi connectivity index (χ1) is 7.64. The molecule has 0 bridgehead atoms. The molecule has 0 aromatic carbocycles. The Hall–Kier alpha value is -1.40. The molecule has 1 aromatic rings. The van der Waals surface area contributed by atoms with Gasteiger partial charge in [0.25, 0.3) is 5.91 Å². The monoisotopic (exact) mass is 225 g/mol. The van der Waals surface area contributed by atoms with Crippen molar-refractivity contribution in [2.24, 2.45) is 0 Å². The Morgan fingerprint density at radius 2 is 2.50 bits per heavy atom. The van der Waals surface area contributed by atoms with Gasteiger partial charge in [-0.1, -0.05) is 0 Å². The van der Waals surface area contributed by atoms with Crippen LogP contribution in [-0.2, 0) is 0 Å². The molecule has 0 saturated carbocycles. The number of carbonyl (C=O) groups is 1. The largest absolute Gasteiger partial charge is 0.393 e. The van der Waals surface area contributed by atoms with E-state index in [0.717, 1.165) is 0 Å². The highest BCUT2D eigenvalue weighted by atomic mass is 16.3. The third-order valence-corrected chi connectivity index (χ3v) is 2.87. The number of piperidine rings is 1. The van der Waals surface area contributed by atoms with Crippen LogP contribution in [0, 0.1) is 0 Å². The number of rotatable bonds is 2. The Morgan fingerprint density at radius 3 is 3.12 bits per heavy atom. The Bertz CT molecular complexity index is 365. The molecule has 2 rings (SSSR count). The number of hydrogen-bond donors (Lipinski definition) is 3. The fourth-order valence-electron chi connectivity index (χ4n) is 1.96. The lowest BCUT2D eigenvalue weighted by molar-refractivity contribution is -0.0599. The van der Waals surface area contributed by atoms with E-state index >= 15 is 0 Å². The van der Waals surface area contributed by atoms with E-state index in [1.54, 1.807) is 6.07 Å². The maximum absolute atomic E-state index is 11.9. The molecule has 16 heavy (non-hydrogen) atoms. The molecule has 1 saturated heterocycles. The van der Waals surface area contributed by atoms with E-state index < -0.39 is 5.60 Å². The van der Waals surface area contributed by atoms with Gasteiger partial charge in [-0.05, 0) is 18.9 Å². The molecule has 1 amide bonds. The molecule has 1 fully saturated rings. The summed E-state index contributed by atoms with van der Waals surface area (Å²) in [4.78, 5) is 13.5. The number of carbonyl (C=O) groups excluding carboxylic acids is 1. The first-order valence-corrected chi connectivity index (χ1v) is 5.26. The van der Waals surface area contributed by atoms with Crippen molar-refractivity contribution in [2.45, 2.75) is 18.4 Å². The summed E-state index contributed by atoms with van der Waals surface area (Å²) in [7, 11) is 0. The number of β-amino-alcohol motifs (C(OH)–C–C–N with tert-alkyl or cyclic N) is 1. The molecule has 88 valence electrons. The molecule has 6 nitrogen and oxygen atoms in total. The lowest BCUT2D eigenvalue weighted by Crippen LogP contribution is -2.52. The van der Waals surface area contributed by atoms with Gasteiger partial charge in [-0.2, -0.15) is 5.10 Å². The Morgan fingerprint density at radius 1 is 1.69 bits per heavy atom. The van der Waals surface area contributed by atoms with E-state index in [9.17, 15) is 9.90 Å². The van der Waals surface area contributed by atoms with Crippen LogP contribution in [0.3, 0.4) is 0 Å². The van der Waals surface area contributed by atoms with Gasteiger partial charge in [0.15, 0.2) is 0 Å². The van der Waals surface area contributed by atoms with Gasteiger partial charge in [0.1, 0.15) is 11.3 Å². The molecule has 1 aromatic heterocycles. The summed E-state index contributed by atoms with van der Waals surface area (Å²) < 4.78 is 0. The minimum atomic E-state index is -1.16. The molecule has 0 radical (unpaired) electrons. The lowest BCUT2D eigenvalue weighted by Gasteiger charge is -2.37. The minimum Gasteiger partial charge on any atom is -0.393 e. The van der Waals surface area contributed by atoms with Crippen LogP contribution >= 0.6 is 0 Å². The second kappa shape index (κ2) is 4.23. The van der Waals surface area contributed by atoms with Gasteiger partial charge in [-0.3, -0.25) is 9.89 Å². The van der Waals surface area contributed by atoms with Crippen LogP contribution in [0.5, 0.6) is 0 Å². The number of aromatic amines is 1. The minimum absolute atomic E-state index is 0.168. The van der Waals surface area contributed by atoms with Crippen LogP contribution < -0.4 is 0 Å². The maximum atomic E-state index is 11.9. The number of nitrogens with zero attached hydrogens (tertiary/aromatic N) is 2. The second-order valence-corrected chi connectivity index (χ2v) is 4.18. The maximum Gasteiger partial charge on any atom is 0.271 e. The summed E-state index contributed by atoms with van der Waals surface area (Å²) in [5, 5.41) is 25.3. The first-order valence-electron chi connectivity index (χ1n) is 5.26.